The predicted molar refractivity (Wildman–Crippen MR) is 185 cm³/mol. The standard InChI is InChI=1S/C37H37Cl2FN4O5/c38-30-10-26(41-15-22-6-7-23(16-41)43(22)21-4-5-21)11-31(39)34(30)36(45)42-14-20-2-1-3-27(35(20)49-19-42)28-13-33(29(37(46)47)12-32(28)40)44-24-8-9-25(44)18-48-17-24/h1-3,10-13,21-25H,4-9,14-19H2,(H,46,47). The Hall–Kier alpha value is -3.57. The molecule has 0 spiro atoms. The van der Waals surface area contributed by atoms with Crippen molar-refractivity contribution in [2.45, 2.75) is 75.3 Å². The van der Waals surface area contributed by atoms with Crippen LogP contribution >= 0.6 is 23.2 Å². The molecule has 9 nitrogen and oxygen atoms in total. The number of carbonyl (C=O) groups excluding carboxylic acids is 1. The number of anilines is 2. The molecule has 1 aliphatic carbocycles. The van der Waals surface area contributed by atoms with E-state index in [-0.39, 0.29) is 48.0 Å². The smallest absolute Gasteiger partial charge is 0.337 e. The molecule has 12 heteroatoms. The van der Waals surface area contributed by atoms with Crippen molar-refractivity contribution < 1.29 is 28.6 Å². The Bertz CT molecular complexity index is 1820. The molecule has 4 bridgehead atoms. The lowest BCUT2D eigenvalue weighted by Crippen LogP contribution is -2.54. The Balaban J connectivity index is 0.975. The van der Waals surface area contributed by atoms with Gasteiger partial charge in [-0.1, -0.05) is 41.4 Å². The first-order valence-corrected chi connectivity index (χ1v) is 18.0. The van der Waals surface area contributed by atoms with Gasteiger partial charge in [0.2, 0.25) is 0 Å². The monoisotopic (exact) mass is 706 g/mol. The fourth-order valence-corrected chi connectivity index (χ4v) is 9.65. The Kier molecular flexibility index (Phi) is 7.72. The van der Waals surface area contributed by atoms with E-state index >= 15 is 4.39 Å². The molecular formula is C37H37Cl2FN4O5. The topological polar surface area (TPSA) is 85.8 Å². The van der Waals surface area contributed by atoms with Gasteiger partial charge in [-0.05, 0) is 62.8 Å². The number of aromatic carboxylic acids is 1. The Morgan fingerprint density at radius 2 is 1.49 bits per heavy atom. The van der Waals surface area contributed by atoms with E-state index in [1.54, 1.807) is 18.2 Å². The number of carbonyl (C=O) groups is 2. The van der Waals surface area contributed by atoms with E-state index in [1.807, 2.05) is 18.2 Å². The largest absolute Gasteiger partial charge is 0.478 e. The number of hydrogen-bond donors (Lipinski definition) is 1. The number of morpholine rings is 1. The Morgan fingerprint density at radius 3 is 2.14 bits per heavy atom. The van der Waals surface area contributed by atoms with Crippen molar-refractivity contribution in [2.75, 3.05) is 42.8 Å². The summed E-state index contributed by atoms with van der Waals surface area (Å²) in [6.45, 7) is 2.99. The van der Waals surface area contributed by atoms with Crippen LogP contribution in [0.25, 0.3) is 11.1 Å². The maximum Gasteiger partial charge on any atom is 0.337 e. The van der Waals surface area contributed by atoms with Gasteiger partial charge >= 0.3 is 5.97 Å². The number of hydrogen-bond acceptors (Lipinski definition) is 7. The molecule has 6 aliphatic rings. The molecular weight excluding hydrogens is 670 g/mol. The Labute approximate surface area is 294 Å². The van der Waals surface area contributed by atoms with Crippen LogP contribution in [-0.2, 0) is 11.3 Å². The van der Waals surface area contributed by atoms with Crippen molar-refractivity contribution >= 4 is 46.5 Å². The minimum atomic E-state index is -1.18. The second-order valence-electron chi connectivity index (χ2n) is 14.3. The van der Waals surface area contributed by atoms with Gasteiger partial charge in [0.25, 0.3) is 5.91 Å². The van der Waals surface area contributed by atoms with E-state index in [0.717, 1.165) is 43.7 Å². The zero-order valence-electron chi connectivity index (χ0n) is 26.9. The number of ether oxygens (including phenoxy) is 2. The van der Waals surface area contributed by atoms with Gasteiger partial charge in [-0.25, -0.2) is 9.18 Å². The summed E-state index contributed by atoms with van der Waals surface area (Å²) in [4.78, 5) is 34.9. The molecule has 0 aromatic heterocycles. The van der Waals surface area contributed by atoms with Crippen LogP contribution in [0.2, 0.25) is 10.0 Å². The van der Waals surface area contributed by atoms with E-state index in [9.17, 15) is 14.7 Å². The van der Waals surface area contributed by atoms with Crippen LogP contribution < -0.4 is 14.5 Å². The summed E-state index contributed by atoms with van der Waals surface area (Å²) in [7, 11) is 0. The number of benzene rings is 3. The van der Waals surface area contributed by atoms with E-state index in [1.165, 1.54) is 30.6 Å². The number of piperazine rings is 1. The van der Waals surface area contributed by atoms with Gasteiger partial charge in [-0.2, -0.15) is 0 Å². The van der Waals surface area contributed by atoms with E-state index < -0.39 is 11.8 Å². The molecule has 1 saturated carbocycles. The normalized spacial score (nSPS) is 26.1. The van der Waals surface area contributed by atoms with Crippen molar-refractivity contribution in [3.63, 3.8) is 0 Å². The van der Waals surface area contributed by atoms with Gasteiger partial charge in [0, 0.05) is 53.6 Å². The molecule has 4 unspecified atom stereocenters. The second kappa shape index (κ2) is 12.0. The molecule has 5 aliphatic heterocycles. The average molecular weight is 708 g/mol. The van der Waals surface area contributed by atoms with Crippen molar-refractivity contribution in [3.8, 4) is 16.9 Å². The number of carboxylic acids is 1. The molecule has 49 heavy (non-hydrogen) atoms. The van der Waals surface area contributed by atoms with E-state index in [0.29, 0.717) is 57.9 Å². The number of nitrogens with zero attached hydrogens (tertiary/aromatic N) is 4. The van der Waals surface area contributed by atoms with Crippen molar-refractivity contribution in [2.24, 2.45) is 0 Å². The third-order valence-corrected chi connectivity index (χ3v) is 11.9. The van der Waals surface area contributed by atoms with Crippen LogP contribution in [-0.4, -0.2) is 90.0 Å². The first kappa shape index (κ1) is 31.4. The minimum Gasteiger partial charge on any atom is -0.478 e. The lowest BCUT2D eigenvalue weighted by molar-refractivity contribution is 0.0516. The molecule has 9 rings (SSSR count). The summed E-state index contributed by atoms with van der Waals surface area (Å²) >= 11 is 13.6. The maximum atomic E-state index is 15.7. The fourth-order valence-electron chi connectivity index (χ4n) is 9.01. The van der Waals surface area contributed by atoms with Crippen LogP contribution in [0.5, 0.6) is 5.75 Å². The number of para-hydroxylation sites is 1. The first-order chi connectivity index (χ1) is 23.7. The summed E-state index contributed by atoms with van der Waals surface area (Å²) in [5.74, 6) is -1.73. The van der Waals surface area contributed by atoms with Crippen molar-refractivity contribution in [1.82, 2.24) is 9.80 Å². The van der Waals surface area contributed by atoms with Crippen LogP contribution in [0, 0.1) is 5.82 Å². The van der Waals surface area contributed by atoms with Crippen molar-refractivity contribution in [3.05, 3.63) is 75.0 Å². The third-order valence-electron chi connectivity index (χ3n) is 11.3. The van der Waals surface area contributed by atoms with Crippen LogP contribution in [0.4, 0.5) is 15.8 Å². The van der Waals surface area contributed by atoms with E-state index in [2.05, 4.69) is 14.7 Å². The zero-order valence-corrected chi connectivity index (χ0v) is 28.4. The highest BCUT2D eigenvalue weighted by Gasteiger charge is 2.47. The number of amides is 1. The molecule has 4 saturated heterocycles. The quantitative estimate of drug-likeness (QED) is 0.304. The highest BCUT2D eigenvalue weighted by atomic mass is 35.5. The molecule has 1 N–H and O–H groups in total. The summed E-state index contributed by atoms with van der Waals surface area (Å²) in [5.41, 5.74) is 3.01. The predicted octanol–water partition coefficient (Wildman–Crippen LogP) is 6.67. The van der Waals surface area contributed by atoms with Gasteiger partial charge in [-0.3, -0.25) is 9.69 Å². The molecule has 5 heterocycles. The highest BCUT2D eigenvalue weighted by molar-refractivity contribution is 6.40. The number of fused-ring (bicyclic) bond motifs is 5. The molecule has 3 aromatic carbocycles. The summed E-state index contributed by atoms with van der Waals surface area (Å²) < 4.78 is 27.7. The number of rotatable bonds is 6. The average Bonchev–Trinajstić information content (AvgIpc) is 3.86. The third kappa shape index (κ3) is 5.34. The summed E-state index contributed by atoms with van der Waals surface area (Å²) in [6, 6.07) is 13.7. The molecule has 5 fully saturated rings. The van der Waals surface area contributed by atoms with Gasteiger partial charge in [0.15, 0.2) is 6.73 Å². The van der Waals surface area contributed by atoms with Crippen LogP contribution in [0.15, 0.2) is 42.5 Å². The fraction of sp³-hybridized carbons (Fsp3) is 0.459. The zero-order chi connectivity index (χ0) is 33.6. The van der Waals surface area contributed by atoms with E-state index in [4.69, 9.17) is 32.7 Å². The summed E-state index contributed by atoms with van der Waals surface area (Å²) in [5, 5.41) is 10.6. The lowest BCUT2D eigenvalue weighted by atomic mass is 9.96. The van der Waals surface area contributed by atoms with Crippen molar-refractivity contribution in [1.29, 1.82) is 0 Å². The first-order valence-electron chi connectivity index (χ1n) is 17.2. The minimum absolute atomic E-state index is 0.0380. The molecule has 3 aromatic rings. The molecule has 4 atom stereocenters. The lowest BCUT2D eigenvalue weighted by Gasteiger charge is -2.42. The molecule has 256 valence electrons. The van der Waals surface area contributed by atoms with Gasteiger partial charge < -0.3 is 29.3 Å². The van der Waals surface area contributed by atoms with Gasteiger partial charge in [0.1, 0.15) is 11.6 Å². The molecule has 0 radical (unpaired) electrons. The number of carboxylic acid groups (broad SMARTS) is 1. The summed E-state index contributed by atoms with van der Waals surface area (Å²) in [6.07, 6.45) is 6.81. The SMILES string of the molecule is O=C(O)c1cc(F)c(-c2cccc3c2OCN(C(=O)c2c(Cl)cc(N4CC5CCC(C4)N5C4CC4)cc2Cl)C3)cc1N1C2CCC1COC2. The number of halogens is 3. The Morgan fingerprint density at radius 1 is 0.837 bits per heavy atom. The van der Waals surface area contributed by atoms with Gasteiger partial charge in [-0.15, -0.1) is 0 Å². The highest BCUT2D eigenvalue weighted by Crippen LogP contribution is 2.45. The second-order valence-corrected chi connectivity index (χ2v) is 15.1. The van der Waals surface area contributed by atoms with Gasteiger partial charge in [0.05, 0.1) is 58.7 Å². The van der Waals surface area contributed by atoms with Crippen LogP contribution in [0.3, 0.4) is 0 Å². The van der Waals surface area contributed by atoms with Crippen LogP contribution in [0.1, 0.15) is 64.8 Å². The maximum absolute atomic E-state index is 15.7. The molecule has 1 amide bonds.